The zero-order valence-corrected chi connectivity index (χ0v) is 18.5. The summed E-state index contributed by atoms with van der Waals surface area (Å²) in [6.07, 6.45) is 4.46. The lowest BCUT2D eigenvalue weighted by molar-refractivity contribution is -0.133. The van der Waals surface area contributed by atoms with Crippen LogP contribution in [0.1, 0.15) is 44.6 Å². The van der Waals surface area contributed by atoms with Gasteiger partial charge in [0.15, 0.2) is 11.6 Å². The van der Waals surface area contributed by atoms with E-state index in [0.29, 0.717) is 30.9 Å². The second kappa shape index (κ2) is 10.1. The highest BCUT2D eigenvalue weighted by Crippen LogP contribution is 2.33. The van der Waals surface area contributed by atoms with Gasteiger partial charge in [0.1, 0.15) is 5.60 Å². The number of ether oxygens (including phenoxy) is 1. The molecule has 1 aliphatic carbocycles. The Kier molecular flexibility index (Phi) is 7.50. The first-order valence-electron chi connectivity index (χ1n) is 10.9. The molecule has 0 saturated heterocycles. The monoisotopic (exact) mass is 447 g/mol. The minimum atomic E-state index is -1.36. The molecular formula is C23H30FN3O5. The molecule has 2 N–H and O–H groups in total. The van der Waals surface area contributed by atoms with E-state index in [1.165, 1.54) is 39.9 Å². The Morgan fingerprint density at radius 1 is 1.34 bits per heavy atom. The number of carbonyl (C=O) groups is 1. The second-order valence-corrected chi connectivity index (χ2v) is 8.44. The SMILES string of the molecule is CC[C@@](O)(CN(C)C(=O)CCCn1ccc(=O)[nH]c1=O)c1ccc(F)c(OCC2CC2)c1. The van der Waals surface area contributed by atoms with Crippen molar-refractivity contribution in [3.05, 3.63) is 62.7 Å². The van der Waals surface area contributed by atoms with Crippen molar-refractivity contribution in [2.24, 2.45) is 5.92 Å². The summed E-state index contributed by atoms with van der Waals surface area (Å²) >= 11 is 0. The number of carbonyl (C=O) groups excluding carboxylic acids is 1. The molecule has 9 heteroatoms. The predicted octanol–water partition coefficient (Wildman–Crippen LogP) is 2.00. The molecule has 1 aliphatic rings. The van der Waals surface area contributed by atoms with Gasteiger partial charge < -0.3 is 19.3 Å². The molecule has 1 aromatic heterocycles. The Bertz CT molecular complexity index is 1060. The smallest absolute Gasteiger partial charge is 0.328 e. The highest BCUT2D eigenvalue weighted by atomic mass is 19.1. The van der Waals surface area contributed by atoms with Crippen LogP contribution in [-0.4, -0.2) is 45.7 Å². The summed E-state index contributed by atoms with van der Waals surface area (Å²) in [4.78, 5) is 39.0. The van der Waals surface area contributed by atoms with Crippen LogP contribution >= 0.6 is 0 Å². The molecule has 2 aromatic rings. The van der Waals surface area contributed by atoms with Crippen LogP contribution in [0.5, 0.6) is 5.75 Å². The lowest BCUT2D eigenvalue weighted by atomic mass is 9.90. The third kappa shape index (κ3) is 6.06. The van der Waals surface area contributed by atoms with Crippen LogP contribution in [-0.2, 0) is 16.9 Å². The van der Waals surface area contributed by atoms with Gasteiger partial charge in [0.2, 0.25) is 5.91 Å². The molecule has 1 fully saturated rings. The molecule has 32 heavy (non-hydrogen) atoms. The highest BCUT2D eigenvalue weighted by Gasteiger charge is 2.31. The number of aryl methyl sites for hydroxylation is 1. The number of hydrogen-bond acceptors (Lipinski definition) is 5. The van der Waals surface area contributed by atoms with Crippen molar-refractivity contribution in [1.82, 2.24) is 14.5 Å². The summed E-state index contributed by atoms with van der Waals surface area (Å²) in [6.45, 7) is 2.58. The summed E-state index contributed by atoms with van der Waals surface area (Å²) in [5, 5.41) is 11.2. The van der Waals surface area contributed by atoms with Crippen molar-refractivity contribution >= 4 is 5.91 Å². The maximum absolute atomic E-state index is 14.1. The van der Waals surface area contributed by atoms with Crippen molar-refractivity contribution < 1.29 is 19.0 Å². The van der Waals surface area contributed by atoms with E-state index in [2.05, 4.69) is 4.98 Å². The molecule has 1 atom stereocenters. The number of benzene rings is 1. The number of nitrogens with zero attached hydrogens (tertiary/aromatic N) is 2. The molecule has 0 bridgehead atoms. The largest absolute Gasteiger partial charge is 0.490 e. The fourth-order valence-corrected chi connectivity index (χ4v) is 3.50. The lowest BCUT2D eigenvalue weighted by Gasteiger charge is -2.32. The molecule has 1 amide bonds. The van der Waals surface area contributed by atoms with E-state index < -0.39 is 22.7 Å². The van der Waals surface area contributed by atoms with Crippen molar-refractivity contribution in [3.8, 4) is 5.75 Å². The van der Waals surface area contributed by atoms with Crippen molar-refractivity contribution in [1.29, 1.82) is 0 Å². The van der Waals surface area contributed by atoms with E-state index in [0.717, 1.165) is 12.8 Å². The van der Waals surface area contributed by atoms with Crippen molar-refractivity contribution in [3.63, 3.8) is 0 Å². The van der Waals surface area contributed by atoms with Gasteiger partial charge in [-0.15, -0.1) is 0 Å². The van der Waals surface area contributed by atoms with E-state index in [1.54, 1.807) is 14.0 Å². The quantitative estimate of drug-likeness (QED) is 0.548. The molecular weight excluding hydrogens is 417 g/mol. The molecule has 1 heterocycles. The maximum Gasteiger partial charge on any atom is 0.328 e. The first kappa shape index (κ1) is 23.7. The third-order valence-corrected chi connectivity index (χ3v) is 5.84. The van der Waals surface area contributed by atoms with Gasteiger partial charge in [-0.05, 0) is 49.3 Å². The van der Waals surface area contributed by atoms with E-state index in [9.17, 15) is 23.9 Å². The molecule has 8 nitrogen and oxygen atoms in total. The zero-order valence-electron chi connectivity index (χ0n) is 18.5. The van der Waals surface area contributed by atoms with Crippen molar-refractivity contribution in [2.45, 2.75) is 51.2 Å². The summed E-state index contributed by atoms with van der Waals surface area (Å²) in [7, 11) is 1.60. The van der Waals surface area contributed by atoms with E-state index in [1.807, 2.05) is 0 Å². The Morgan fingerprint density at radius 2 is 2.09 bits per heavy atom. The number of aromatic nitrogens is 2. The number of nitrogens with one attached hydrogen (secondary N) is 1. The number of aliphatic hydroxyl groups is 1. The van der Waals surface area contributed by atoms with Crippen molar-refractivity contribution in [2.75, 3.05) is 20.2 Å². The van der Waals surface area contributed by atoms with Crippen LogP contribution in [0.2, 0.25) is 0 Å². The van der Waals surface area contributed by atoms with Gasteiger partial charge >= 0.3 is 5.69 Å². The first-order chi connectivity index (χ1) is 15.2. The predicted molar refractivity (Wildman–Crippen MR) is 117 cm³/mol. The van der Waals surface area contributed by atoms with Gasteiger partial charge in [-0.2, -0.15) is 0 Å². The van der Waals surface area contributed by atoms with Gasteiger partial charge in [-0.1, -0.05) is 13.0 Å². The van der Waals surface area contributed by atoms with Gasteiger partial charge in [-0.3, -0.25) is 14.6 Å². The number of likely N-dealkylation sites (N-methyl/N-ethyl adjacent to an activating group) is 1. The van der Waals surface area contributed by atoms with E-state index in [4.69, 9.17) is 4.74 Å². The number of rotatable bonds is 11. The average molecular weight is 448 g/mol. The fourth-order valence-electron chi connectivity index (χ4n) is 3.50. The number of hydrogen-bond donors (Lipinski definition) is 2. The summed E-state index contributed by atoms with van der Waals surface area (Å²) < 4.78 is 21.1. The molecule has 0 radical (unpaired) electrons. The molecule has 0 unspecified atom stereocenters. The molecule has 1 aromatic carbocycles. The molecule has 1 saturated carbocycles. The number of aromatic amines is 1. The number of halogens is 1. The second-order valence-electron chi connectivity index (χ2n) is 8.44. The Morgan fingerprint density at radius 3 is 2.75 bits per heavy atom. The molecule has 174 valence electrons. The number of amides is 1. The number of H-pyrrole nitrogens is 1. The lowest BCUT2D eigenvalue weighted by Crippen LogP contribution is -2.41. The van der Waals surface area contributed by atoms with Crippen LogP contribution in [0.25, 0.3) is 0 Å². The van der Waals surface area contributed by atoms with Gasteiger partial charge in [0.05, 0.1) is 13.2 Å². The van der Waals surface area contributed by atoms with Gasteiger partial charge in [-0.25, -0.2) is 9.18 Å². The molecule has 0 aliphatic heterocycles. The Hall–Kier alpha value is -2.94. The fraction of sp³-hybridized carbons (Fsp3) is 0.522. The standard InChI is InChI=1S/C23H30FN3O5/c1-3-23(31,17-8-9-18(24)19(13-17)32-14-16-6-7-16)15-26(2)21(29)5-4-11-27-12-10-20(28)25-22(27)30/h8-10,12-13,16,31H,3-7,11,14-15H2,1-2H3,(H,25,28,30)/t23-/m1/s1. The van der Waals surface area contributed by atoms with Gasteiger partial charge in [0, 0.05) is 32.3 Å². The normalized spacial score (nSPS) is 15.2. The summed E-state index contributed by atoms with van der Waals surface area (Å²) in [5.41, 5.74) is -1.85. The minimum Gasteiger partial charge on any atom is -0.490 e. The Labute approximate surface area is 185 Å². The third-order valence-electron chi connectivity index (χ3n) is 5.84. The average Bonchev–Trinajstić information content (AvgIpc) is 3.59. The van der Waals surface area contributed by atoms with Crippen LogP contribution in [0, 0.1) is 11.7 Å². The first-order valence-corrected chi connectivity index (χ1v) is 10.9. The van der Waals surface area contributed by atoms with Crippen LogP contribution in [0.15, 0.2) is 40.1 Å². The van der Waals surface area contributed by atoms with E-state index in [-0.39, 0.29) is 31.2 Å². The van der Waals surface area contributed by atoms with Gasteiger partial charge in [0.25, 0.3) is 5.56 Å². The molecule has 3 rings (SSSR count). The van der Waals surface area contributed by atoms with Crippen LogP contribution < -0.4 is 16.0 Å². The minimum absolute atomic E-state index is 0.0363. The Balaban J connectivity index is 1.60. The van der Waals surface area contributed by atoms with E-state index >= 15 is 0 Å². The topological polar surface area (TPSA) is 105 Å². The summed E-state index contributed by atoms with van der Waals surface area (Å²) in [5.74, 6) is -0.0862. The highest BCUT2D eigenvalue weighted by molar-refractivity contribution is 5.75. The zero-order chi connectivity index (χ0) is 23.3. The van der Waals surface area contributed by atoms with Crippen LogP contribution in [0.4, 0.5) is 4.39 Å². The maximum atomic E-state index is 14.1. The van der Waals surface area contributed by atoms with Crippen LogP contribution in [0.3, 0.4) is 0 Å². The molecule has 0 spiro atoms. The summed E-state index contributed by atoms with van der Waals surface area (Å²) in [6, 6.07) is 5.57.